The van der Waals surface area contributed by atoms with Crippen LogP contribution in [0.2, 0.25) is 0 Å². The van der Waals surface area contributed by atoms with Crippen LogP contribution >= 0.6 is 0 Å². The van der Waals surface area contributed by atoms with E-state index in [0.717, 1.165) is 6.26 Å². The summed E-state index contributed by atoms with van der Waals surface area (Å²) in [6.07, 6.45) is -1.04. The van der Waals surface area contributed by atoms with Crippen LogP contribution in [0.1, 0.15) is 39.3 Å². The quantitative estimate of drug-likeness (QED) is 0.441. The Morgan fingerprint density at radius 3 is 2.41 bits per heavy atom. The van der Waals surface area contributed by atoms with Gasteiger partial charge in [-0.1, -0.05) is 24.3 Å². The molecule has 0 unspecified atom stereocenters. The number of carbonyl (C=O) groups is 3. The summed E-state index contributed by atoms with van der Waals surface area (Å²) in [7, 11) is -3.78. The molecule has 0 spiro atoms. The van der Waals surface area contributed by atoms with Crippen LogP contribution in [0.15, 0.2) is 42.5 Å². The van der Waals surface area contributed by atoms with Crippen LogP contribution in [0.25, 0.3) is 11.1 Å². The van der Waals surface area contributed by atoms with E-state index in [1.807, 2.05) is 0 Å². The fourth-order valence-corrected chi connectivity index (χ4v) is 4.14. The van der Waals surface area contributed by atoms with Gasteiger partial charge in [-0.25, -0.2) is 14.0 Å². The number of hydrogen-bond donors (Lipinski definition) is 2. The number of benzene rings is 2. The van der Waals surface area contributed by atoms with Crippen LogP contribution in [0.4, 0.5) is 19.7 Å². The molecule has 0 saturated carbocycles. The molecule has 1 aliphatic heterocycles. The van der Waals surface area contributed by atoms with Gasteiger partial charge in [0.05, 0.1) is 37.7 Å². The molecule has 3 amide bonds. The Hall–Kier alpha value is -3.71. The van der Waals surface area contributed by atoms with Gasteiger partial charge in [0, 0.05) is 12.5 Å². The number of amides is 3. The lowest BCUT2D eigenvalue weighted by Crippen LogP contribution is -2.37. The highest BCUT2D eigenvalue weighted by Crippen LogP contribution is 2.30. The smallest absolute Gasteiger partial charge is 0.414 e. The summed E-state index contributed by atoms with van der Waals surface area (Å²) < 4.78 is 53.5. The maximum absolute atomic E-state index is 15.1. The molecular formula is C26H32FN3O8S. The molecule has 1 heterocycles. The molecule has 0 aromatic heterocycles. The third-order valence-corrected chi connectivity index (χ3v) is 6.05. The van der Waals surface area contributed by atoms with E-state index in [0.29, 0.717) is 16.8 Å². The second-order valence-electron chi connectivity index (χ2n) is 10.0. The summed E-state index contributed by atoms with van der Waals surface area (Å²) in [6.45, 7) is 6.39. The van der Waals surface area contributed by atoms with Crippen molar-refractivity contribution in [1.82, 2.24) is 10.6 Å². The SMILES string of the molecule is CC(=O)NC[C@H]1CN(c2ccc(-c3ccc([C@H](COS(C)(=O)=O)NC(=O)OC(C)(C)C)cc3)c(F)c2)C(=O)O1. The molecule has 2 atom stereocenters. The molecule has 1 saturated heterocycles. The first kappa shape index (κ1) is 29.8. The zero-order valence-electron chi connectivity index (χ0n) is 22.3. The summed E-state index contributed by atoms with van der Waals surface area (Å²) in [5, 5.41) is 5.18. The number of ether oxygens (including phenoxy) is 2. The molecule has 39 heavy (non-hydrogen) atoms. The lowest BCUT2D eigenvalue weighted by molar-refractivity contribution is -0.119. The summed E-state index contributed by atoms with van der Waals surface area (Å²) in [6, 6.07) is 9.93. The maximum atomic E-state index is 15.1. The van der Waals surface area contributed by atoms with Gasteiger partial charge in [0.15, 0.2) is 0 Å². The van der Waals surface area contributed by atoms with Crippen LogP contribution < -0.4 is 15.5 Å². The standard InChI is InChI=1S/C26H32FN3O8S/c1-16(31)28-13-20-14-30(25(33)37-20)19-10-11-21(22(27)12-19)17-6-8-18(9-7-17)23(15-36-39(5,34)35)29-24(32)38-26(2,3)4/h6-12,20,23H,13-15H2,1-5H3,(H,28,31)(H,29,32)/t20-,23-/m0/s1. The minimum Gasteiger partial charge on any atom is -0.444 e. The van der Waals surface area contributed by atoms with E-state index in [4.69, 9.17) is 13.7 Å². The molecule has 1 fully saturated rings. The molecule has 2 aromatic carbocycles. The number of hydrogen-bond acceptors (Lipinski definition) is 8. The average Bonchev–Trinajstić information content (AvgIpc) is 3.19. The number of anilines is 1. The van der Waals surface area contributed by atoms with E-state index in [-0.39, 0.29) is 31.2 Å². The van der Waals surface area contributed by atoms with Gasteiger partial charge in [0.25, 0.3) is 10.1 Å². The first-order valence-electron chi connectivity index (χ1n) is 12.1. The zero-order chi connectivity index (χ0) is 29.0. The van der Waals surface area contributed by atoms with Crippen LogP contribution in [0.5, 0.6) is 0 Å². The molecule has 13 heteroatoms. The fraction of sp³-hybridized carbons (Fsp3) is 0.423. The van der Waals surface area contributed by atoms with Gasteiger partial charge in [0.1, 0.15) is 17.5 Å². The van der Waals surface area contributed by atoms with Crippen molar-refractivity contribution < 1.29 is 40.8 Å². The van der Waals surface area contributed by atoms with E-state index in [2.05, 4.69) is 10.6 Å². The number of nitrogens with one attached hydrogen (secondary N) is 2. The second kappa shape index (κ2) is 12.0. The fourth-order valence-electron chi connectivity index (χ4n) is 3.76. The van der Waals surface area contributed by atoms with Crippen molar-refractivity contribution in [3.8, 4) is 11.1 Å². The third-order valence-electron chi connectivity index (χ3n) is 5.48. The molecule has 0 radical (unpaired) electrons. The number of carbonyl (C=O) groups excluding carboxylic acids is 3. The summed E-state index contributed by atoms with van der Waals surface area (Å²) in [5.74, 6) is -0.831. The van der Waals surface area contributed by atoms with Crippen molar-refractivity contribution in [2.75, 3.05) is 30.9 Å². The number of alkyl carbamates (subject to hydrolysis) is 1. The van der Waals surface area contributed by atoms with E-state index in [9.17, 15) is 22.8 Å². The van der Waals surface area contributed by atoms with Gasteiger partial charge in [0.2, 0.25) is 5.91 Å². The summed E-state index contributed by atoms with van der Waals surface area (Å²) in [5.41, 5.74) is 0.822. The maximum Gasteiger partial charge on any atom is 0.414 e. The van der Waals surface area contributed by atoms with E-state index in [1.54, 1.807) is 51.1 Å². The largest absolute Gasteiger partial charge is 0.444 e. The van der Waals surface area contributed by atoms with Crippen LogP contribution in [-0.2, 0) is 28.6 Å². The Balaban J connectivity index is 1.76. The Bertz CT molecular complexity index is 1330. The van der Waals surface area contributed by atoms with E-state index in [1.165, 1.54) is 24.0 Å². The summed E-state index contributed by atoms with van der Waals surface area (Å²) >= 11 is 0. The Kier molecular flexibility index (Phi) is 9.18. The van der Waals surface area contributed by atoms with Gasteiger partial charge < -0.3 is 20.1 Å². The predicted molar refractivity (Wildman–Crippen MR) is 141 cm³/mol. The zero-order valence-corrected chi connectivity index (χ0v) is 23.1. The molecule has 0 aliphatic carbocycles. The molecule has 3 rings (SSSR count). The third kappa shape index (κ3) is 8.93. The number of halogens is 1. The van der Waals surface area contributed by atoms with Gasteiger partial charge in [-0.15, -0.1) is 0 Å². The first-order valence-corrected chi connectivity index (χ1v) is 13.9. The Morgan fingerprint density at radius 2 is 1.85 bits per heavy atom. The number of cyclic esters (lactones) is 1. The van der Waals surface area contributed by atoms with Crippen molar-refractivity contribution in [3.63, 3.8) is 0 Å². The van der Waals surface area contributed by atoms with Crippen LogP contribution in [-0.4, -0.2) is 64.2 Å². The normalized spacial score (nSPS) is 16.4. The topological polar surface area (TPSA) is 140 Å². The van der Waals surface area contributed by atoms with Crippen LogP contribution in [0, 0.1) is 5.82 Å². The minimum absolute atomic E-state index is 0.156. The lowest BCUT2D eigenvalue weighted by Gasteiger charge is -2.24. The van der Waals surface area contributed by atoms with Crippen molar-refractivity contribution in [1.29, 1.82) is 0 Å². The second-order valence-corrected chi connectivity index (χ2v) is 11.7. The van der Waals surface area contributed by atoms with E-state index < -0.39 is 45.9 Å². The van der Waals surface area contributed by atoms with Crippen molar-refractivity contribution in [2.45, 2.75) is 45.4 Å². The summed E-state index contributed by atoms with van der Waals surface area (Å²) in [4.78, 5) is 37.0. The molecule has 2 aromatic rings. The van der Waals surface area contributed by atoms with Crippen molar-refractivity contribution in [3.05, 3.63) is 53.8 Å². The monoisotopic (exact) mass is 565 g/mol. The predicted octanol–water partition coefficient (Wildman–Crippen LogP) is 3.50. The first-order chi connectivity index (χ1) is 18.1. The molecule has 2 N–H and O–H groups in total. The average molecular weight is 566 g/mol. The highest BCUT2D eigenvalue weighted by Gasteiger charge is 2.32. The van der Waals surface area contributed by atoms with E-state index >= 15 is 4.39 Å². The van der Waals surface area contributed by atoms with Crippen LogP contribution in [0.3, 0.4) is 0 Å². The molecule has 1 aliphatic rings. The highest BCUT2D eigenvalue weighted by molar-refractivity contribution is 7.85. The Morgan fingerprint density at radius 1 is 1.18 bits per heavy atom. The van der Waals surface area contributed by atoms with Gasteiger partial charge in [-0.3, -0.25) is 13.9 Å². The minimum atomic E-state index is -3.78. The lowest BCUT2D eigenvalue weighted by atomic mass is 10.00. The number of nitrogens with zero attached hydrogens (tertiary/aromatic N) is 1. The molecule has 11 nitrogen and oxygen atoms in total. The van der Waals surface area contributed by atoms with Gasteiger partial charge in [-0.2, -0.15) is 8.42 Å². The van der Waals surface area contributed by atoms with Crippen molar-refractivity contribution >= 4 is 33.9 Å². The van der Waals surface area contributed by atoms with Gasteiger partial charge >= 0.3 is 12.2 Å². The molecule has 0 bridgehead atoms. The molecule has 212 valence electrons. The molecular weight excluding hydrogens is 533 g/mol. The van der Waals surface area contributed by atoms with Gasteiger partial charge in [-0.05, 0) is 50.1 Å². The highest BCUT2D eigenvalue weighted by atomic mass is 32.2. The van der Waals surface area contributed by atoms with Crippen molar-refractivity contribution in [2.24, 2.45) is 0 Å². The Labute approximate surface area is 226 Å². The number of rotatable bonds is 9.